The summed E-state index contributed by atoms with van der Waals surface area (Å²) in [5.74, 6) is 0. The monoisotopic (exact) mass is 228 g/mol. The van der Waals surface area contributed by atoms with Crippen LogP contribution >= 0.6 is 11.8 Å². The van der Waals surface area contributed by atoms with Crippen LogP contribution in [0.25, 0.3) is 0 Å². The van der Waals surface area contributed by atoms with E-state index in [-0.39, 0.29) is 4.75 Å². The Morgan fingerprint density at radius 3 is 1.81 bits per heavy atom. The standard InChI is InChI=1S/C15H16S/c1-15(2,13-9-5-3-6-10-13)16-14-11-7-4-8-12-14/h3-12H,1-2H3. The molecule has 0 aliphatic heterocycles. The molecule has 2 aromatic rings. The fourth-order valence-corrected chi connectivity index (χ4v) is 2.82. The van der Waals surface area contributed by atoms with E-state index < -0.39 is 0 Å². The highest BCUT2D eigenvalue weighted by Crippen LogP contribution is 2.40. The number of rotatable bonds is 3. The summed E-state index contributed by atoms with van der Waals surface area (Å²) in [6.45, 7) is 4.53. The van der Waals surface area contributed by atoms with Crippen LogP contribution in [0.2, 0.25) is 0 Å². The summed E-state index contributed by atoms with van der Waals surface area (Å²) in [5.41, 5.74) is 1.36. The van der Waals surface area contributed by atoms with E-state index in [9.17, 15) is 0 Å². The molecule has 0 aliphatic rings. The SMILES string of the molecule is CC(C)(Sc1ccccc1)c1ccccc1. The molecular formula is C15H16S. The van der Waals surface area contributed by atoms with Crippen molar-refractivity contribution in [1.29, 1.82) is 0 Å². The summed E-state index contributed by atoms with van der Waals surface area (Å²) in [6.07, 6.45) is 0. The third kappa shape index (κ3) is 2.67. The molecule has 0 saturated carbocycles. The van der Waals surface area contributed by atoms with Gasteiger partial charge in [0.1, 0.15) is 0 Å². The van der Waals surface area contributed by atoms with Gasteiger partial charge < -0.3 is 0 Å². The minimum Gasteiger partial charge on any atom is -0.115 e. The Balaban J connectivity index is 2.21. The molecule has 0 aromatic heterocycles. The van der Waals surface area contributed by atoms with Crippen LogP contribution in [0.15, 0.2) is 65.6 Å². The van der Waals surface area contributed by atoms with Crippen LogP contribution in [0, 0.1) is 0 Å². The molecule has 0 amide bonds. The maximum atomic E-state index is 2.26. The topological polar surface area (TPSA) is 0 Å². The van der Waals surface area contributed by atoms with Crippen LogP contribution in [0.1, 0.15) is 19.4 Å². The van der Waals surface area contributed by atoms with Gasteiger partial charge in [-0.3, -0.25) is 0 Å². The molecule has 0 aliphatic carbocycles. The average Bonchev–Trinajstić information content (AvgIpc) is 2.31. The first-order valence-corrected chi connectivity index (χ1v) is 6.30. The fraction of sp³-hybridized carbons (Fsp3) is 0.200. The second kappa shape index (κ2) is 4.75. The van der Waals surface area contributed by atoms with E-state index in [0.717, 1.165) is 0 Å². The Hall–Kier alpha value is -1.21. The van der Waals surface area contributed by atoms with Crippen molar-refractivity contribution in [3.63, 3.8) is 0 Å². The Kier molecular flexibility index (Phi) is 3.35. The summed E-state index contributed by atoms with van der Waals surface area (Å²) in [4.78, 5) is 1.32. The van der Waals surface area contributed by atoms with Crippen molar-refractivity contribution < 1.29 is 0 Å². The van der Waals surface area contributed by atoms with Crippen molar-refractivity contribution in [2.75, 3.05) is 0 Å². The minimum atomic E-state index is 0.114. The van der Waals surface area contributed by atoms with Crippen molar-refractivity contribution in [2.45, 2.75) is 23.5 Å². The molecule has 0 unspecified atom stereocenters. The molecule has 0 fully saturated rings. The third-order valence-electron chi connectivity index (χ3n) is 2.59. The first kappa shape index (κ1) is 11.3. The van der Waals surface area contributed by atoms with Gasteiger partial charge in [0.2, 0.25) is 0 Å². The minimum absolute atomic E-state index is 0.114. The van der Waals surface area contributed by atoms with E-state index in [1.165, 1.54) is 10.5 Å². The summed E-state index contributed by atoms with van der Waals surface area (Å²) in [5, 5.41) is 0. The molecule has 0 N–H and O–H groups in total. The molecule has 0 radical (unpaired) electrons. The molecule has 16 heavy (non-hydrogen) atoms. The largest absolute Gasteiger partial charge is 0.115 e. The summed E-state index contributed by atoms with van der Waals surface area (Å²) >= 11 is 1.90. The second-order valence-corrected chi connectivity index (χ2v) is 5.99. The zero-order valence-electron chi connectivity index (χ0n) is 9.68. The first-order valence-electron chi connectivity index (χ1n) is 5.48. The van der Waals surface area contributed by atoms with Crippen molar-refractivity contribution in [1.82, 2.24) is 0 Å². The van der Waals surface area contributed by atoms with Gasteiger partial charge in [-0.2, -0.15) is 0 Å². The first-order chi connectivity index (χ1) is 7.68. The normalized spacial score (nSPS) is 11.4. The predicted octanol–water partition coefficient (Wildman–Crippen LogP) is 4.71. The van der Waals surface area contributed by atoms with E-state index in [1.807, 2.05) is 11.8 Å². The van der Waals surface area contributed by atoms with E-state index in [0.29, 0.717) is 0 Å². The highest BCUT2D eigenvalue weighted by molar-refractivity contribution is 8.00. The molecule has 2 aromatic carbocycles. The smallest absolute Gasteiger partial charge is 0.0399 e. The number of benzene rings is 2. The van der Waals surface area contributed by atoms with Crippen LogP contribution in [-0.4, -0.2) is 0 Å². The number of thioether (sulfide) groups is 1. The Morgan fingerprint density at radius 2 is 1.25 bits per heavy atom. The van der Waals surface area contributed by atoms with Gasteiger partial charge in [0.25, 0.3) is 0 Å². The lowest BCUT2D eigenvalue weighted by molar-refractivity contribution is 0.782. The Labute approximate surface area is 102 Å². The molecule has 0 atom stereocenters. The molecule has 2 rings (SSSR count). The zero-order chi connectivity index (χ0) is 11.4. The van der Waals surface area contributed by atoms with Crippen molar-refractivity contribution in [3.8, 4) is 0 Å². The highest BCUT2D eigenvalue weighted by atomic mass is 32.2. The highest BCUT2D eigenvalue weighted by Gasteiger charge is 2.21. The van der Waals surface area contributed by atoms with Gasteiger partial charge in [0.05, 0.1) is 0 Å². The van der Waals surface area contributed by atoms with Crippen molar-refractivity contribution in [3.05, 3.63) is 66.2 Å². The Morgan fingerprint density at radius 1 is 0.750 bits per heavy atom. The van der Waals surface area contributed by atoms with E-state index in [4.69, 9.17) is 0 Å². The molecule has 1 heteroatoms. The fourth-order valence-electron chi connectivity index (χ4n) is 1.68. The third-order valence-corrected chi connectivity index (χ3v) is 3.84. The van der Waals surface area contributed by atoms with Crippen LogP contribution < -0.4 is 0 Å². The summed E-state index contributed by atoms with van der Waals surface area (Å²) in [6, 6.07) is 21.2. The lowest BCUT2D eigenvalue weighted by Crippen LogP contribution is -2.11. The molecule has 0 heterocycles. The van der Waals surface area contributed by atoms with Gasteiger partial charge in [0.15, 0.2) is 0 Å². The summed E-state index contributed by atoms with van der Waals surface area (Å²) in [7, 11) is 0. The molecular weight excluding hydrogens is 212 g/mol. The quantitative estimate of drug-likeness (QED) is 0.685. The lowest BCUT2D eigenvalue weighted by atomic mass is 10.0. The van der Waals surface area contributed by atoms with Gasteiger partial charge in [-0.1, -0.05) is 48.5 Å². The van der Waals surface area contributed by atoms with Crippen LogP contribution in [-0.2, 0) is 4.75 Å². The van der Waals surface area contributed by atoms with E-state index >= 15 is 0 Å². The molecule has 82 valence electrons. The summed E-state index contributed by atoms with van der Waals surface area (Å²) < 4.78 is 0.114. The maximum Gasteiger partial charge on any atom is 0.0399 e. The van der Waals surface area contributed by atoms with Gasteiger partial charge >= 0.3 is 0 Å². The maximum absolute atomic E-state index is 2.26. The van der Waals surface area contributed by atoms with Crippen molar-refractivity contribution >= 4 is 11.8 Å². The van der Waals surface area contributed by atoms with Crippen LogP contribution in [0.5, 0.6) is 0 Å². The van der Waals surface area contributed by atoms with Gasteiger partial charge in [-0.15, -0.1) is 11.8 Å². The van der Waals surface area contributed by atoms with E-state index in [2.05, 4.69) is 74.5 Å². The molecule has 0 nitrogen and oxygen atoms in total. The van der Waals surface area contributed by atoms with Crippen LogP contribution in [0.4, 0.5) is 0 Å². The van der Waals surface area contributed by atoms with Gasteiger partial charge in [-0.25, -0.2) is 0 Å². The van der Waals surface area contributed by atoms with Gasteiger partial charge in [-0.05, 0) is 31.5 Å². The second-order valence-electron chi connectivity index (χ2n) is 4.29. The number of hydrogen-bond acceptors (Lipinski definition) is 1. The zero-order valence-corrected chi connectivity index (χ0v) is 10.5. The predicted molar refractivity (Wildman–Crippen MR) is 71.8 cm³/mol. The van der Waals surface area contributed by atoms with Gasteiger partial charge in [0, 0.05) is 9.64 Å². The Bertz CT molecular complexity index is 432. The van der Waals surface area contributed by atoms with Crippen molar-refractivity contribution in [2.24, 2.45) is 0 Å². The molecule has 0 saturated heterocycles. The lowest BCUT2D eigenvalue weighted by Gasteiger charge is -2.24. The van der Waals surface area contributed by atoms with E-state index in [1.54, 1.807) is 0 Å². The number of hydrogen-bond donors (Lipinski definition) is 0. The average molecular weight is 228 g/mol. The van der Waals surface area contributed by atoms with Crippen LogP contribution in [0.3, 0.4) is 0 Å². The molecule has 0 bridgehead atoms. The molecule has 0 spiro atoms.